The van der Waals surface area contributed by atoms with Gasteiger partial charge in [-0.3, -0.25) is 9.58 Å². The van der Waals surface area contributed by atoms with Crippen molar-refractivity contribution in [2.24, 2.45) is 7.05 Å². The summed E-state index contributed by atoms with van der Waals surface area (Å²) in [5.41, 5.74) is 2.57. The Morgan fingerprint density at radius 3 is 2.76 bits per heavy atom. The van der Waals surface area contributed by atoms with E-state index in [1.54, 1.807) is 23.1 Å². The number of nitrogens with one attached hydrogen (secondary N) is 1. The number of fused-ring (bicyclic) bond motifs is 6. The summed E-state index contributed by atoms with van der Waals surface area (Å²) in [4.78, 5) is 16.2. The van der Waals surface area contributed by atoms with E-state index in [1.807, 2.05) is 43.2 Å². The van der Waals surface area contributed by atoms with E-state index < -0.39 is 0 Å². The number of hydrogen-bond acceptors (Lipinski definition) is 10. The average Bonchev–Trinajstić information content (AvgIpc) is 3.54. The molecule has 0 aliphatic carbocycles. The number of aryl methyl sites for hydroxylation is 1. The lowest BCUT2D eigenvalue weighted by atomic mass is 10.1. The molecule has 6 heterocycles. The molecule has 0 amide bonds. The predicted octanol–water partition coefficient (Wildman–Crippen LogP) is 2.76. The van der Waals surface area contributed by atoms with Crippen LogP contribution in [0.15, 0.2) is 43.0 Å². The van der Waals surface area contributed by atoms with Crippen LogP contribution in [0.25, 0.3) is 22.6 Å². The van der Waals surface area contributed by atoms with Gasteiger partial charge in [-0.15, -0.1) is 0 Å². The maximum atomic E-state index is 6.48. The fraction of sp³-hybridized carbons (Fsp3) is 0.423. The van der Waals surface area contributed by atoms with Gasteiger partial charge >= 0.3 is 0 Å². The highest BCUT2D eigenvalue weighted by Gasteiger charge is 2.20. The molecule has 12 heteroatoms. The van der Waals surface area contributed by atoms with Gasteiger partial charge in [0.1, 0.15) is 22.9 Å². The molecule has 2 aliphatic heterocycles. The van der Waals surface area contributed by atoms with Crippen LogP contribution in [0.1, 0.15) is 13.3 Å². The minimum absolute atomic E-state index is 0.109. The van der Waals surface area contributed by atoms with Crippen molar-refractivity contribution in [3.8, 4) is 34.3 Å². The summed E-state index contributed by atoms with van der Waals surface area (Å²) < 4.78 is 21.8. The zero-order valence-electron chi connectivity index (χ0n) is 21.6. The molecule has 0 radical (unpaired) electrons. The molecule has 1 atom stereocenters. The largest absolute Gasteiger partial charge is 0.490 e. The number of anilines is 2. The Balaban J connectivity index is 1.31. The standard InChI is InChI=1S/C26H31N9O3/c1-18-5-12-37-26-20(17-30-33(26)2)25-27-6-4-23(32-25)31-24-15-22(38-18)19(16-28-24)21-3-7-29-35(21)9-8-34-10-13-36-14-11-34/h3-4,6-7,15-18H,5,8-14H2,1-2H3,(H,27,28,31,32)/t18-/m0/s1. The molecule has 4 aromatic rings. The summed E-state index contributed by atoms with van der Waals surface area (Å²) in [6.45, 7) is 7.60. The lowest BCUT2D eigenvalue weighted by Gasteiger charge is -2.26. The molecule has 198 valence electrons. The summed E-state index contributed by atoms with van der Waals surface area (Å²) in [7, 11) is 1.84. The van der Waals surface area contributed by atoms with Crippen molar-refractivity contribution in [1.29, 1.82) is 0 Å². The van der Waals surface area contributed by atoms with Crippen LogP contribution < -0.4 is 14.8 Å². The van der Waals surface area contributed by atoms with E-state index >= 15 is 0 Å². The van der Waals surface area contributed by atoms with Crippen molar-refractivity contribution in [2.75, 3.05) is 44.8 Å². The second kappa shape index (κ2) is 10.8. The molecule has 4 aromatic heterocycles. The van der Waals surface area contributed by atoms with Crippen LogP contribution in [0, 0.1) is 0 Å². The molecule has 1 fully saturated rings. The summed E-state index contributed by atoms with van der Waals surface area (Å²) >= 11 is 0. The van der Waals surface area contributed by atoms with Gasteiger partial charge < -0.3 is 19.5 Å². The fourth-order valence-corrected chi connectivity index (χ4v) is 4.63. The van der Waals surface area contributed by atoms with Gasteiger partial charge in [0.25, 0.3) is 0 Å². The SMILES string of the molecule is C[C@H]1CCOc2c(cnn2C)-c2nccc(n2)Nc2cc(c(-c3ccnn3CCN3CCOCC3)cn2)O1. The highest BCUT2D eigenvalue weighted by Crippen LogP contribution is 2.34. The second-order valence-electron chi connectivity index (χ2n) is 9.40. The summed E-state index contributed by atoms with van der Waals surface area (Å²) in [5.74, 6) is 3.10. The summed E-state index contributed by atoms with van der Waals surface area (Å²) in [5, 5.41) is 12.2. The van der Waals surface area contributed by atoms with Crippen LogP contribution in [0.3, 0.4) is 0 Å². The van der Waals surface area contributed by atoms with Crippen molar-refractivity contribution >= 4 is 11.6 Å². The van der Waals surface area contributed by atoms with E-state index in [-0.39, 0.29) is 6.10 Å². The summed E-state index contributed by atoms with van der Waals surface area (Å²) in [6.07, 6.45) is 7.63. The van der Waals surface area contributed by atoms with E-state index in [1.165, 1.54) is 0 Å². The lowest BCUT2D eigenvalue weighted by Crippen LogP contribution is -2.38. The van der Waals surface area contributed by atoms with Gasteiger partial charge in [0, 0.05) is 57.8 Å². The molecule has 0 unspecified atom stereocenters. The molecule has 2 aliphatic rings. The Labute approximate surface area is 220 Å². The Hall–Kier alpha value is -4.03. The number of pyridine rings is 1. The van der Waals surface area contributed by atoms with Crippen LogP contribution in [-0.4, -0.2) is 85.0 Å². The topological polar surface area (TPSA) is 117 Å². The molecule has 0 spiro atoms. The zero-order valence-corrected chi connectivity index (χ0v) is 21.6. The highest BCUT2D eigenvalue weighted by molar-refractivity contribution is 5.70. The molecular weight excluding hydrogens is 486 g/mol. The first-order chi connectivity index (χ1) is 18.6. The first kappa shape index (κ1) is 24.3. The predicted molar refractivity (Wildman–Crippen MR) is 140 cm³/mol. The van der Waals surface area contributed by atoms with Crippen LogP contribution in [0.5, 0.6) is 11.6 Å². The summed E-state index contributed by atoms with van der Waals surface area (Å²) in [6, 6.07) is 5.71. The van der Waals surface area contributed by atoms with Crippen molar-refractivity contribution < 1.29 is 14.2 Å². The van der Waals surface area contributed by atoms with Crippen molar-refractivity contribution in [3.05, 3.63) is 43.0 Å². The first-order valence-corrected chi connectivity index (χ1v) is 12.9. The lowest BCUT2D eigenvalue weighted by molar-refractivity contribution is 0.0360. The van der Waals surface area contributed by atoms with Gasteiger partial charge in [0.2, 0.25) is 5.88 Å². The third kappa shape index (κ3) is 5.18. The van der Waals surface area contributed by atoms with E-state index in [9.17, 15) is 0 Å². The van der Waals surface area contributed by atoms with Gasteiger partial charge in [0.15, 0.2) is 5.82 Å². The Morgan fingerprint density at radius 1 is 0.974 bits per heavy atom. The Morgan fingerprint density at radius 2 is 1.87 bits per heavy atom. The molecule has 1 N–H and O–H groups in total. The minimum atomic E-state index is -0.109. The monoisotopic (exact) mass is 517 g/mol. The number of nitrogens with zero attached hydrogens (tertiary/aromatic N) is 8. The van der Waals surface area contributed by atoms with E-state index in [2.05, 4.69) is 30.4 Å². The molecular formula is C26H31N9O3. The molecule has 6 rings (SSSR count). The van der Waals surface area contributed by atoms with Crippen LogP contribution in [0.2, 0.25) is 0 Å². The fourth-order valence-electron chi connectivity index (χ4n) is 4.63. The van der Waals surface area contributed by atoms with Gasteiger partial charge in [-0.05, 0) is 19.1 Å². The minimum Gasteiger partial charge on any atom is -0.490 e. The molecule has 1 saturated heterocycles. The second-order valence-corrected chi connectivity index (χ2v) is 9.40. The Kier molecular flexibility index (Phi) is 6.88. The highest BCUT2D eigenvalue weighted by atomic mass is 16.5. The van der Waals surface area contributed by atoms with Crippen LogP contribution in [0.4, 0.5) is 11.6 Å². The van der Waals surface area contributed by atoms with Gasteiger partial charge in [-0.2, -0.15) is 10.2 Å². The van der Waals surface area contributed by atoms with Crippen molar-refractivity contribution in [1.82, 2.24) is 39.4 Å². The van der Waals surface area contributed by atoms with Gasteiger partial charge in [0.05, 0.1) is 49.9 Å². The molecule has 0 saturated carbocycles. The van der Waals surface area contributed by atoms with Crippen molar-refractivity contribution in [3.63, 3.8) is 0 Å². The maximum absolute atomic E-state index is 6.48. The third-order valence-electron chi connectivity index (χ3n) is 6.72. The third-order valence-corrected chi connectivity index (χ3v) is 6.72. The number of rotatable bonds is 4. The van der Waals surface area contributed by atoms with Gasteiger partial charge in [-0.1, -0.05) is 0 Å². The number of morpholine rings is 1. The molecule has 38 heavy (non-hydrogen) atoms. The van der Waals surface area contributed by atoms with Crippen LogP contribution in [-0.2, 0) is 18.3 Å². The van der Waals surface area contributed by atoms with Crippen LogP contribution >= 0.6 is 0 Å². The van der Waals surface area contributed by atoms with Crippen molar-refractivity contribution in [2.45, 2.75) is 26.0 Å². The quantitative estimate of drug-likeness (QED) is 0.433. The zero-order chi connectivity index (χ0) is 25.9. The van der Waals surface area contributed by atoms with E-state index in [0.29, 0.717) is 36.4 Å². The number of aromatic nitrogens is 7. The molecule has 4 bridgehead atoms. The Bertz CT molecular complexity index is 1400. The van der Waals surface area contributed by atoms with Gasteiger partial charge in [-0.25, -0.2) is 19.6 Å². The normalized spacial score (nSPS) is 18.0. The number of ether oxygens (including phenoxy) is 3. The average molecular weight is 518 g/mol. The number of hydrogen-bond donors (Lipinski definition) is 1. The van der Waals surface area contributed by atoms with E-state index in [4.69, 9.17) is 19.2 Å². The smallest absolute Gasteiger partial charge is 0.222 e. The molecule has 0 aromatic carbocycles. The van der Waals surface area contributed by atoms with E-state index in [0.717, 1.165) is 62.0 Å². The maximum Gasteiger partial charge on any atom is 0.222 e. The molecule has 12 nitrogen and oxygen atoms in total. The first-order valence-electron chi connectivity index (χ1n) is 12.9.